The number of carbonyl (C=O) groups is 1. The fraction of sp³-hybridized carbons (Fsp3) is 0.211. The summed E-state index contributed by atoms with van der Waals surface area (Å²) in [6.07, 6.45) is 0. The van der Waals surface area contributed by atoms with E-state index in [1.54, 1.807) is 0 Å². The first kappa shape index (κ1) is 22.5. The topological polar surface area (TPSA) is 101 Å². The molecule has 0 unspecified atom stereocenters. The Labute approximate surface area is 189 Å². The van der Waals surface area contributed by atoms with Gasteiger partial charge >= 0.3 is 0 Å². The number of amides is 1. The summed E-state index contributed by atoms with van der Waals surface area (Å²) in [6, 6.07) is 6.35. The maximum Gasteiger partial charge on any atom is 0.270 e. The largest absolute Gasteiger partial charge is 0.335 e. The van der Waals surface area contributed by atoms with Crippen molar-refractivity contribution < 1.29 is 26.9 Å². The smallest absolute Gasteiger partial charge is 0.270 e. The summed E-state index contributed by atoms with van der Waals surface area (Å²) in [5.74, 6) is -2.50. The van der Waals surface area contributed by atoms with Gasteiger partial charge < -0.3 is 4.90 Å². The van der Waals surface area contributed by atoms with E-state index in [0.717, 1.165) is 27.8 Å². The summed E-state index contributed by atoms with van der Waals surface area (Å²) in [4.78, 5) is 24.4. The number of carbonyl (C=O) groups excluding carboxylic acids is 1. The van der Waals surface area contributed by atoms with Gasteiger partial charge in [0.05, 0.1) is 9.95 Å². The number of hydrogen-bond donors (Lipinski definition) is 0. The Morgan fingerprint density at radius 1 is 1.09 bits per heavy atom. The molecule has 1 saturated heterocycles. The van der Waals surface area contributed by atoms with Crippen LogP contribution in [0.4, 0.5) is 14.5 Å². The number of rotatable bonds is 4. The van der Waals surface area contributed by atoms with Crippen LogP contribution in [0.2, 0.25) is 5.02 Å². The third kappa shape index (κ3) is 3.94. The van der Waals surface area contributed by atoms with Crippen LogP contribution in [0, 0.1) is 21.7 Å². The number of nitrogens with zero attached hydrogens (tertiary/aromatic N) is 3. The molecule has 2 aromatic carbocycles. The second-order valence-electron chi connectivity index (χ2n) is 6.95. The van der Waals surface area contributed by atoms with Crippen LogP contribution in [0.25, 0.3) is 10.1 Å². The fourth-order valence-corrected chi connectivity index (χ4v) is 6.38. The zero-order valence-electron chi connectivity index (χ0n) is 16.1. The highest BCUT2D eigenvalue weighted by atomic mass is 35.5. The van der Waals surface area contributed by atoms with Crippen LogP contribution >= 0.6 is 22.9 Å². The molecule has 3 aromatic rings. The Balaban J connectivity index is 1.52. The molecule has 0 radical (unpaired) electrons. The van der Waals surface area contributed by atoms with Crippen molar-refractivity contribution in [1.82, 2.24) is 9.21 Å². The highest BCUT2D eigenvalue weighted by molar-refractivity contribution is 7.89. The quantitative estimate of drug-likeness (QED) is 0.399. The van der Waals surface area contributed by atoms with Gasteiger partial charge in [0, 0.05) is 54.5 Å². The maximum absolute atomic E-state index is 14.0. The van der Waals surface area contributed by atoms with Gasteiger partial charge in [-0.05, 0) is 18.2 Å². The molecule has 0 saturated carbocycles. The van der Waals surface area contributed by atoms with Crippen LogP contribution in [-0.2, 0) is 10.0 Å². The van der Waals surface area contributed by atoms with Gasteiger partial charge in [-0.1, -0.05) is 11.6 Å². The Morgan fingerprint density at radius 3 is 2.41 bits per heavy atom. The van der Waals surface area contributed by atoms with Gasteiger partial charge in [0.25, 0.3) is 11.6 Å². The number of benzene rings is 2. The van der Waals surface area contributed by atoms with Crippen LogP contribution < -0.4 is 0 Å². The molecule has 168 valence electrons. The Kier molecular flexibility index (Phi) is 5.88. The summed E-state index contributed by atoms with van der Waals surface area (Å²) in [5, 5.41) is 11.7. The summed E-state index contributed by atoms with van der Waals surface area (Å²) in [7, 11) is -4.20. The predicted octanol–water partition coefficient (Wildman–Crippen LogP) is 3.89. The summed E-state index contributed by atoms with van der Waals surface area (Å²) < 4.78 is 54.0. The van der Waals surface area contributed by atoms with Crippen molar-refractivity contribution in [1.29, 1.82) is 0 Å². The number of non-ortho nitro benzene ring substituents is 1. The molecule has 1 amide bonds. The highest BCUT2D eigenvalue weighted by Crippen LogP contribution is 2.38. The Bertz CT molecular complexity index is 1350. The van der Waals surface area contributed by atoms with Crippen molar-refractivity contribution in [3.8, 4) is 0 Å². The normalized spacial score (nSPS) is 15.3. The van der Waals surface area contributed by atoms with Crippen molar-refractivity contribution >= 4 is 54.6 Å². The van der Waals surface area contributed by atoms with E-state index in [0.29, 0.717) is 16.2 Å². The average molecular weight is 502 g/mol. The predicted molar refractivity (Wildman–Crippen MR) is 115 cm³/mol. The first-order chi connectivity index (χ1) is 15.1. The second-order valence-corrected chi connectivity index (χ2v) is 10.3. The molecule has 0 spiro atoms. The van der Waals surface area contributed by atoms with E-state index in [4.69, 9.17) is 11.6 Å². The van der Waals surface area contributed by atoms with Gasteiger partial charge in [-0.15, -0.1) is 11.3 Å². The Hall–Kier alpha value is -2.67. The van der Waals surface area contributed by atoms with Crippen LogP contribution in [0.1, 0.15) is 9.67 Å². The van der Waals surface area contributed by atoms with Gasteiger partial charge in [-0.3, -0.25) is 14.9 Å². The van der Waals surface area contributed by atoms with E-state index in [-0.39, 0.29) is 41.8 Å². The van der Waals surface area contributed by atoms with Crippen molar-refractivity contribution in [2.45, 2.75) is 4.90 Å². The molecular formula is C19H14ClF2N3O5S2. The molecule has 0 N–H and O–H groups in total. The highest BCUT2D eigenvalue weighted by Gasteiger charge is 2.33. The van der Waals surface area contributed by atoms with Crippen molar-refractivity contribution in [2.75, 3.05) is 26.2 Å². The number of fused-ring (bicyclic) bond motifs is 1. The molecule has 4 rings (SSSR count). The zero-order valence-corrected chi connectivity index (χ0v) is 18.5. The molecule has 32 heavy (non-hydrogen) atoms. The lowest BCUT2D eigenvalue weighted by molar-refractivity contribution is -0.384. The van der Waals surface area contributed by atoms with Crippen molar-refractivity contribution in [3.63, 3.8) is 0 Å². The monoisotopic (exact) mass is 501 g/mol. The van der Waals surface area contributed by atoms with E-state index in [1.165, 1.54) is 23.1 Å². The lowest BCUT2D eigenvalue weighted by Crippen LogP contribution is -2.50. The third-order valence-electron chi connectivity index (χ3n) is 5.06. The van der Waals surface area contributed by atoms with Crippen molar-refractivity contribution in [2.24, 2.45) is 0 Å². The third-order valence-corrected chi connectivity index (χ3v) is 8.63. The van der Waals surface area contributed by atoms with Gasteiger partial charge in [-0.25, -0.2) is 17.2 Å². The summed E-state index contributed by atoms with van der Waals surface area (Å²) in [5.41, 5.74) is -0.124. The molecular weight excluding hydrogens is 488 g/mol. The maximum atomic E-state index is 14.0. The van der Waals surface area contributed by atoms with Gasteiger partial charge in [0.1, 0.15) is 21.4 Å². The molecule has 0 bridgehead atoms. The van der Waals surface area contributed by atoms with E-state index >= 15 is 0 Å². The average Bonchev–Trinajstić information content (AvgIpc) is 3.09. The number of sulfonamides is 1. The number of halogens is 3. The van der Waals surface area contributed by atoms with Gasteiger partial charge in [-0.2, -0.15) is 4.31 Å². The van der Waals surface area contributed by atoms with Crippen LogP contribution in [-0.4, -0.2) is 54.6 Å². The lowest BCUT2D eigenvalue weighted by Gasteiger charge is -2.33. The number of hydrogen-bond acceptors (Lipinski definition) is 6. The van der Waals surface area contributed by atoms with Gasteiger partial charge in [0.2, 0.25) is 10.0 Å². The number of nitro benzene ring substituents is 1. The van der Waals surface area contributed by atoms with E-state index < -0.39 is 37.4 Å². The molecule has 13 heteroatoms. The summed E-state index contributed by atoms with van der Waals surface area (Å²) in [6.45, 7) is -0.102. The standard InChI is InChI=1S/C19H14ClF2N3O5S2/c20-17-13-3-2-12(25(27)28)10-15(13)31-18(17)19(26)23-5-7-24(8-6-23)32(29,30)16-4-1-11(21)9-14(16)22/h1-4,9-10H,5-8H2. The van der Waals surface area contributed by atoms with E-state index in [2.05, 4.69) is 0 Å². The first-order valence-corrected chi connectivity index (χ1v) is 11.8. The lowest BCUT2D eigenvalue weighted by atomic mass is 10.2. The minimum Gasteiger partial charge on any atom is -0.335 e. The fourth-order valence-electron chi connectivity index (χ4n) is 3.40. The number of nitro groups is 1. The first-order valence-electron chi connectivity index (χ1n) is 9.20. The molecule has 8 nitrogen and oxygen atoms in total. The van der Waals surface area contributed by atoms with Gasteiger partial charge in [0.15, 0.2) is 0 Å². The van der Waals surface area contributed by atoms with Crippen LogP contribution in [0.15, 0.2) is 41.3 Å². The molecule has 2 heterocycles. The zero-order chi connectivity index (χ0) is 23.2. The minimum absolute atomic E-state index is 0.0333. The molecule has 0 atom stereocenters. The minimum atomic E-state index is -4.20. The molecule has 1 fully saturated rings. The SMILES string of the molecule is O=C(c1sc2cc([N+](=O)[O-])ccc2c1Cl)N1CCN(S(=O)(=O)c2ccc(F)cc2F)CC1. The van der Waals surface area contributed by atoms with Crippen LogP contribution in [0.5, 0.6) is 0 Å². The number of piperazine rings is 1. The Morgan fingerprint density at radius 2 is 1.78 bits per heavy atom. The van der Waals surface area contributed by atoms with Crippen molar-refractivity contribution in [3.05, 3.63) is 68.0 Å². The van der Waals surface area contributed by atoms with Crippen LogP contribution in [0.3, 0.4) is 0 Å². The molecule has 1 aliphatic heterocycles. The van der Waals surface area contributed by atoms with E-state index in [1.807, 2.05) is 0 Å². The van der Waals surface area contributed by atoms with E-state index in [9.17, 15) is 32.1 Å². The molecule has 0 aliphatic carbocycles. The molecule has 1 aliphatic rings. The second kappa shape index (κ2) is 8.35. The number of thiophene rings is 1. The molecule has 1 aromatic heterocycles. The summed E-state index contributed by atoms with van der Waals surface area (Å²) >= 11 is 7.35.